The van der Waals surface area contributed by atoms with E-state index in [0.717, 1.165) is 32.1 Å². The van der Waals surface area contributed by atoms with E-state index in [0.29, 0.717) is 13.0 Å². The Morgan fingerprint density at radius 3 is 1.55 bits per heavy atom. The van der Waals surface area contributed by atoms with Crippen molar-refractivity contribution in [2.45, 2.75) is 149 Å². The highest BCUT2D eigenvalue weighted by molar-refractivity contribution is 5.69. The second-order valence-electron chi connectivity index (χ2n) is 9.37. The average molecular weight is 461 g/mol. The zero-order chi connectivity index (χ0) is 24.1. The molecule has 0 aromatic heterocycles. The van der Waals surface area contributed by atoms with Crippen molar-refractivity contribution in [3.8, 4) is 0 Å². The van der Waals surface area contributed by atoms with E-state index in [2.05, 4.69) is 50.3 Å². The quantitative estimate of drug-likeness (QED) is 0.0769. The molecule has 0 aromatic rings. The number of unbranched alkanes of at least 4 members (excludes halogenated alkanes) is 15. The van der Waals surface area contributed by atoms with Gasteiger partial charge in [-0.2, -0.15) is 0 Å². The number of esters is 1. The summed E-state index contributed by atoms with van der Waals surface area (Å²) in [5, 5.41) is 0. The summed E-state index contributed by atoms with van der Waals surface area (Å²) in [6, 6.07) is 0. The second kappa shape index (κ2) is 28.7. The Morgan fingerprint density at radius 1 is 0.515 bits per heavy atom. The average Bonchev–Trinajstić information content (AvgIpc) is 2.82. The molecule has 0 amide bonds. The van der Waals surface area contributed by atoms with Crippen molar-refractivity contribution in [2.75, 3.05) is 6.61 Å². The van der Waals surface area contributed by atoms with Crippen LogP contribution in [0.4, 0.5) is 0 Å². The third kappa shape index (κ3) is 28.7. The van der Waals surface area contributed by atoms with Crippen molar-refractivity contribution < 1.29 is 9.53 Å². The number of allylic oxidation sites excluding steroid dienone is 6. The molecule has 0 saturated heterocycles. The molecule has 0 rings (SSSR count). The summed E-state index contributed by atoms with van der Waals surface area (Å²) in [6.45, 7) is 5.11. The van der Waals surface area contributed by atoms with E-state index in [1.54, 1.807) is 0 Å². The van der Waals surface area contributed by atoms with Gasteiger partial charge in [0, 0.05) is 6.42 Å². The molecular formula is C31H56O2. The summed E-state index contributed by atoms with van der Waals surface area (Å²) < 4.78 is 5.37. The van der Waals surface area contributed by atoms with Crippen LogP contribution in [0.3, 0.4) is 0 Å². The fourth-order valence-electron chi connectivity index (χ4n) is 3.80. The molecule has 33 heavy (non-hydrogen) atoms. The highest BCUT2D eigenvalue weighted by Gasteiger charge is 2.01. The maximum absolute atomic E-state index is 11.8. The van der Waals surface area contributed by atoms with Gasteiger partial charge in [-0.25, -0.2) is 0 Å². The van der Waals surface area contributed by atoms with Crippen molar-refractivity contribution in [1.82, 2.24) is 0 Å². The first-order valence-electron chi connectivity index (χ1n) is 14.4. The second-order valence-corrected chi connectivity index (χ2v) is 9.37. The summed E-state index contributed by atoms with van der Waals surface area (Å²) in [7, 11) is 0. The fourth-order valence-corrected chi connectivity index (χ4v) is 3.80. The lowest BCUT2D eigenvalue weighted by molar-refractivity contribution is -0.143. The number of carbonyl (C=O) groups excluding carboxylic acids is 1. The molecule has 0 heterocycles. The van der Waals surface area contributed by atoms with Gasteiger partial charge in [-0.3, -0.25) is 4.79 Å². The van der Waals surface area contributed by atoms with E-state index >= 15 is 0 Å². The molecule has 2 heteroatoms. The van der Waals surface area contributed by atoms with Crippen LogP contribution >= 0.6 is 0 Å². The van der Waals surface area contributed by atoms with Gasteiger partial charge in [0.15, 0.2) is 0 Å². The van der Waals surface area contributed by atoms with Crippen LogP contribution in [-0.4, -0.2) is 12.6 Å². The van der Waals surface area contributed by atoms with E-state index in [1.165, 1.54) is 96.3 Å². The summed E-state index contributed by atoms with van der Waals surface area (Å²) in [4.78, 5) is 11.8. The largest absolute Gasteiger partial charge is 0.466 e. The van der Waals surface area contributed by atoms with Crippen molar-refractivity contribution in [1.29, 1.82) is 0 Å². The first-order valence-corrected chi connectivity index (χ1v) is 14.4. The summed E-state index contributed by atoms with van der Waals surface area (Å²) >= 11 is 0. The van der Waals surface area contributed by atoms with Gasteiger partial charge in [-0.1, -0.05) is 108 Å². The van der Waals surface area contributed by atoms with Crippen molar-refractivity contribution >= 4 is 5.97 Å². The van der Waals surface area contributed by atoms with Gasteiger partial charge in [0.2, 0.25) is 0 Å². The van der Waals surface area contributed by atoms with Crippen LogP contribution in [-0.2, 0) is 9.53 Å². The Balaban J connectivity index is 3.29. The van der Waals surface area contributed by atoms with E-state index in [4.69, 9.17) is 4.74 Å². The Labute approximate surface area is 207 Å². The van der Waals surface area contributed by atoms with Crippen LogP contribution in [0.15, 0.2) is 36.5 Å². The van der Waals surface area contributed by atoms with E-state index in [9.17, 15) is 4.79 Å². The minimum Gasteiger partial charge on any atom is -0.466 e. The standard InChI is InChI=1S/C31H56O2/c1-3-5-7-9-11-13-15-17-18-20-22-24-26-28-30-33-31(32)29-27-25-23-21-19-16-14-12-10-8-6-4-2/h12-15,19,21H,3-11,16-18,20,22-30H2,1-2H3/b14-12-,15-13-,21-19+. The Morgan fingerprint density at radius 2 is 0.939 bits per heavy atom. The van der Waals surface area contributed by atoms with Gasteiger partial charge < -0.3 is 4.74 Å². The highest BCUT2D eigenvalue weighted by Crippen LogP contribution is 2.10. The van der Waals surface area contributed by atoms with Crippen LogP contribution < -0.4 is 0 Å². The highest BCUT2D eigenvalue weighted by atomic mass is 16.5. The first-order chi connectivity index (χ1) is 16.3. The van der Waals surface area contributed by atoms with Gasteiger partial charge in [0.05, 0.1) is 6.61 Å². The predicted molar refractivity (Wildman–Crippen MR) is 147 cm³/mol. The zero-order valence-electron chi connectivity index (χ0n) is 22.3. The van der Waals surface area contributed by atoms with Crippen molar-refractivity contribution in [2.24, 2.45) is 0 Å². The number of rotatable bonds is 25. The number of hydrogen-bond acceptors (Lipinski definition) is 2. The lowest BCUT2D eigenvalue weighted by Crippen LogP contribution is -2.05. The molecule has 0 atom stereocenters. The fraction of sp³-hybridized carbons (Fsp3) is 0.774. The molecule has 192 valence electrons. The SMILES string of the molecule is CCCCC/C=C\C/C=C/CCCCC(=O)OCCCCCCCC/C=C\CCCCCC. The minimum atomic E-state index is -0.0181. The predicted octanol–water partition coefficient (Wildman–Crippen LogP) is 10.4. The summed E-state index contributed by atoms with van der Waals surface area (Å²) in [6.07, 6.45) is 38.9. The Kier molecular flexibility index (Phi) is 27.6. The zero-order valence-corrected chi connectivity index (χ0v) is 22.3. The normalized spacial score (nSPS) is 11.9. The molecule has 0 aliphatic rings. The van der Waals surface area contributed by atoms with Gasteiger partial charge in [0.25, 0.3) is 0 Å². The minimum absolute atomic E-state index is 0.0181. The van der Waals surface area contributed by atoms with E-state index < -0.39 is 0 Å². The van der Waals surface area contributed by atoms with Gasteiger partial charge >= 0.3 is 5.97 Å². The number of ether oxygens (including phenoxy) is 1. The summed E-state index contributed by atoms with van der Waals surface area (Å²) in [5.74, 6) is -0.0181. The lowest BCUT2D eigenvalue weighted by Gasteiger charge is -2.04. The Hall–Kier alpha value is -1.31. The van der Waals surface area contributed by atoms with Crippen LogP contribution in [0.5, 0.6) is 0 Å². The van der Waals surface area contributed by atoms with Gasteiger partial charge in [-0.15, -0.1) is 0 Å². The lowest BCUT2D eigenvalue weighted by atomic mass is 10.1. The maximum atomic E-state index is 11.8. The smallest absolute Gasteiger partial charge is 0.305 e. The molecule has 0 N–H and O–H groups in total. The third-order valence-electron chi connectivity index (χ3n) is 6.00. The van der Waals surface area contributed by atoms with Gasteiger partial charge in [0.1, 0.15) is 0 Å². The Bertz CT molecular complexity index is 475. The monoisotopic (exact) mass is 460 g/mol. The molecule has 0 fully saturated rings. The molecule has 0 aromatic carbocycles. The van der Waals surface area contributed by atoms with E-state index in [1.807, 2.05) is 0 Å². The molecule has 0 aliphatic carbocycles. The van der Waals surface area contributed by atoms with Crippen LogP contribution in [0, 0.1) is 0 Å². The molecule has 0 aliphatic heterocycles. The van der Waals surface area contributed by atoms with E-state index in [-0.39, 0.29) is 5.97 Å². The third-order valence-corrected chi connectivity index (χ3v) is 6.00. The van der Waals surface area contributed by atoms with Gasteiger partial charge in [-0.05, 0) is 70.6 Å². The topological polar surface area (TPSA) is 26.3 Å². The molecule has 0 bridgehead atoms. The molecule has 0 unspecified atom stereocenters. The molecule has 2 nitrogen and oxygen atoms in total. The van der Waals surface area contributed by atoms with Crippen LogP contribution in [0.1, 0.15) is 149 Å². The molecule has 0 saturated carbocycles. The van der Waals surface area contributed by atoms with Crippen molar-refractivity contribution in [3.05, 3.63) is 36.5 Å². The number of hydrogen-bond donors (Lipinski definition) is 0. The molecular weight excluding hydrogens is 404 g/mol. The van der Waals surface area contributed by atoms with Crippen molar-refractivity contribution in [3.63, 3.8) is 0 Å². The molecule has 0 spiro atoms. The first kappa shape index (κ1) is 31.7. The number of carbonyl (C=O) groups is 1. The van der Waals surface area contributed by atoms with Crippen LogP contribution in [0.25, 0.3) is 0 Å². The summed E-state index contributed by atoms with van der Waals surface area (Å²) in [5.41, 5.74) is 0. The molecule has 0 radical (unpaired) electrons. The van der Waals surface area contributed by atoms with Crippen LogP contribution in [0.2, 0.25) is 0 Å². The maximum Gasteiger partial charge on any atom is 0.305 e.